The van der Waals surface area contributed by atoms with Gasteiger partial charge in [-0.15, -0.1) is 9.32 Å². The summed E-state index contributed by atoms with van der Waals surface area (Å²) in [6.07, 6.45) is 23.6. The van der Waals surface area contributed by atoms with Gasteiger partial charge < -0.3 is 0 Å². The van der Waals surface area contributed by atoms with E-state index in [1.165, 1.54) is 25.7 Å². The molecule has 0 radical (unpaired) electrons. The van der Waals surface area contributed by atoms with Crippen molar-refractivity contribution in [1.82, 2.24) is 29.8 Å². The zero-order valence-electron chi connectivity index (χ0n) is 48.8. The van der Waals surface area contributed by atoms with E-state index in [1.54, 1.807) is 30.3 Å². The number of rotatable bonds is 27. The van der Waals surface area contributed by atoms with E-state index in [4.69, 9.17) is 9.32 Å². The van der Waals surface area contributed by atoms with Crippen LogP contribution in [-0.4, -0.2) is 113 Å². The first-order valence-electron chi connectivity index (χ1n) is 31.0. The highest BCUT2D eigenvalue weighted by Crippen LogP contribution is 2.41. The van der Waals surface area contributed by atoms with Gasteiger partial charge in [-0.3, -0.25) is 38.8 Å². The largest absolute Gasteiger partial charge is 0.334 e. The summed E-state index contributed by atoms with van der Waals surface area (Å²) in [5.74, 6) is -2.44. The van der Waals surface area contributed by atoms with E-state index in [9.17, 15) is 37.2 Å². The number of urea groups is 2. The Kier molecular flexibility index (Phi) is 23.6. The molecule has 2 heterocycles. The second kappa shape index (κ2) is 30.7. The lowest BCUT2D eigenvalue weighted by Crippen LogP contribution is -2.66. The monoisotopic (exact) mass is 1170 g/mol. The molecule has 82 heavy (non-hydrogen) atoms. The molecule has 2 saturated heterocycles. The number of imide groups is 4. The molecule has 22 heteroatoms. The van der Waals surface area contributed by atoms with E-state index in [0.29, 0.717) is 74.3 Å². The molecular formula is C60H88N10O10S2. The van der Waals surface area contributed by atoms with Crippen LogP contribution in [0, 0.1) is 11.8 Å². The van der Waals surface area contributed by atoms with Crippen LogP contribution in [0.5, 0.6) is 0 Å². The second-order valence-corrected chi connectivity index (χ2v) is 25.9. The summed E-state index contributed by atoms with van der Waals surface area (Å²) in [7, 11) is -4.35. The Bertz CT molecular complexity index is 2620. The van der Waals surface area contributed by atoms with E-state index >= 15 is 0 Å². The van der Waals surface area contributed by atoms with Gasteiger partial charge in [0.05, 0.1) is 28.3 Å². The topological polar surface area (TPSA) is 241 Å². The minimum atomic E-state index is -4.35. The number of sulfonamides is 1. The number of hydrogen-bond donors (Lipinski definition) is 2. The molecule has 8 rings (SSSR count). The van der Waals surface area contributed by atoms with Crippen LogP contribution in [0.1, 0.15) is 207 Å². The van der Waals surface area contributed by atoms with Crippen molar-refractivity contribution in [2.45, 2.75) is 254 Å². The van der Waals surface area contributed by atoms with Gasteiger partial charge in [0.25, 0.3) is 23.6 Å². The highest BCUT2D eigenvalue weighted by Gasteiger charge is 2.53. The molecule has 0 aromatic heterocycles. The molecule has 2 aliphatic heterocycles. The number of nitrogens with one attached hydrogen (secondary N) is 2. The summed E-state index contributed by atoms with van der Waals surface area (Å²) in [4.78, 5) is 96.4. The van der Waals surface area contributed by atoms with Crippen LogP contribution >= 0.6 is 12.0 Å². The molecule has 4 aliphatic carbocycles. The molecule has 6 fully saturated rings. The molecule has 8 amide bonds. The quantitative estimate of drug-likeness (QED) is 0.0212. The van der Waals surface area contributed by atoms with Gasteiger partial charge in [0, 0.05) is 47.7 Å². The zero-order valence-corrected chi connectivity index (χ0v) is 50.4. The average molecular weight is 1170 g/mol. The van der Waals surface area contributed by atoms with E-state index in [0.717, 1.165) is 140 Å². The Hall–Kier alpha value is -5.00. The third-order valence-corrected chi connectivity index (χ3v) is 19.9. The molecule has 450 valence electrons. The molecule has 0 bridgehead atoms. The van der Waals surface area contributed by atoms with Crippen LogP contribution in [0.15, 0.2) is 66.6 Å². The summed E-state index contributed by atoms with van der Waals surface area (Å²) in [5.41, 5.74) is 3.77. The minimum Gasteiger partial charge on any atom is -0.271 e. The maximum Gasteiger partial charge on any atom is 0.334 e. The molecule has 20 nitrogen and oxygen atoms in total. The number of benzene rings is 2. The predicted octanol–water partition coefficient (Wildman–Crippen LogP) is 13.3. The average Bonchev–Trinajstić information content (AvgIpc) is 3.44. The van der Waals surface area contributed by atoms with Crippen LogP contribution in [0.25, 0.3) is 11.1 Å². The molecule has 4 saturated carbocycles. The van der Waals surface area contributed by atoms with Gasteiger partial charge in [-0.05, 0) is 106 Å². The summed E-state index contributed by atoms with van der Waals surface area (Å²) in [6, 6.07) is 3.52. The fourth-order valence-electron chi connectivity index (χ4n) is 12.8. The lowest BCUT2D eigenvalue weighted by molar-refractivity contribution is -0.246. The highest BCUT2D eigenvalue weighted by molar-refractivity contribution is 7.94. The first-order chi connectivity index (χ1) is 39.8. The fourth-order valence-corrected chi connectivity index (χ4v) is 14.7. The van der Waals surface area contributed by atoms with Gasteiger partial charge in [0.2, 0.25) is 22.1 Å². The van der Waals surface area contributed by atoms with Crippen molar-refractivity contribution in [3.8, 4) is 11.1 Å². The number of amides is 8. The second-order valence-electron chi connectivity index (χ2n) is 23.4. The highest BCUT2D eigenvalue weighted by atomic mass is 32.2. The van der Waals surface area contributed by atoms with Gasteiger partial charge in [0.1, 0.15) is 0 Å². The lowest BCUT2D eigenvalue weighted by Gasteiger charge is -2.44. The number of hydrogen-bond acceptors (Lipinski definition) is 16. The van der Waals surface area contributed by atoms with Crippen molar-refractivity contribution in [2.75, 3.05) is 13.1 Å². The Morgan fingerprint density at radius 2 is 0.927 bits per heavy atom. The van der Waals surface area contributed by atoms with Crippen LogP contribution in [0.3, 0.4) is 0 Å². The van der Waals surface area contributed by atoms with Crippen LogP contribution in [0.4, 0.5) is 21.0 Å². The first kappa shape index (κ1) is 63.0. The summed E-state index contributed by atoms with van der Waals surface area (Å²) >= 11 is 0.792. The number of barbiturate groups is 2. The maximum absolute atomic E-state index is 14.9. The van der Waals surface area contributed by atoms with Crippen LogP contribution < -0.4 is 10.2 Å². The molecule has 2 aromatic carbocycles. The first-order valence-corrected chi connectivity index (χ1v) is 33.2. The van der Waals surface area contributed by atoms with Gasteiger partial charge in [-0.25, -0.2) is 22.7 Å². The van der Waals surface area contributed by atoms with Crippen molar-refractivity contribution in [3.05, 3.63) is 36.4 Å². The Morgan fingerprint density at radius 3 is 1.33 bits per heavy atom. The van der Waals surface area contributed by atoms with Crippen molar-refractivity contribution < 1.29 is 46.5 Å². The zero-order chi connectivity index (χ0) is 58.2. The van der Waals surface area contributed by atoms with Crippen molar-refractivity contribution in [3.63, 3.8) is 0 Å². The fraction of sp³-hybridized carbons (Fsp3) is 0.700. The third kappa shape index (κ3) is 15.5. The Labute approximate surface area is 489 Å². The SMILES string of the molecule is CCCCC(CC)CNOOSc1cc(N=NC2C(=O)N(C3CCCCC3)C(=O)N(C3CCCCC3)C2=O)ccc1-c1ccc(N=NC2C(=O)N(C3CCCCC3)C(=O)N(C3CCCCC3)C2=O)cc1S(=O)(=O)NCC(CC)CCCC. The number of azo groups is 2. The van der Waals surface area contributed by atoms with Crippen LogP contribution in [0.2, 0.25) is 0 Å². The molecular weight excluding hydrogens is 1080 g/mol. The van der Waals surface area contributed by atoms with Crippen LogP contribution in [-0.2, 0) is 38.5 Å². The predicted molar refractivity (Wildman–Crippen MR) is 312 cm³/mol. The Balaban J connectivity index is 1.16. The van der Waals surface area contributed by atoms with Crippen molar-refractivity contribution >= 4 is 69.1 Å². The molecule has 2 aromatic rings. The number of carbonyl (C=O) groups is 6. The summed E-state index contributed by atoms with van der Waals surface area (Å²) in [6.45, 7) is 9.07. The van der Waals surface area contributed by atoms with Crippen molar-refractivity contribution in [1.29, 1.82) is 0 Å². The molecule has 6 aliphatic rings. The Morgan fingerprint density at radius 1 is 0.537 bits per heavy atom. The molecule has 2 atom stereocenters. The molecule has 2 unspecified atom stereocenters. The van der Waals surface area contributed by atoms with Gasteiger partial charge in [0.15, 0.2) is 0 Å². The van der Waals surface area contributed by atoms with E-state index < -0.39 is 57.8 Å². The number of hydroxylamine groups is 1. The minimum absolute atomic E-state index is 0.0508. The maximum atomic E-state index is 14.9. The summed E-state index contributed by atoms with van der Waals surface area (Å²) in [5, 5.41) is 17.7. The number of unbranched alkanes of at least 4 members (excludes halogenated alkanes) is 2. The van der Waals surface area contributed by atoms with Crippen molar-refractivity contribution in [2.24, 2.45) is 32.3 Å². The van der Waals surface area contributed by atoms with Gasteiger partial charge in [-0.1, -0.05) is 155 Å². The summed E-state index contributed by atoms with van der Waals surface area (Å²) < 4.78 is 38.4. The third-order valence-electron chi connectivity index (χ3n) is 17.8. The molecule has 0 spiro atoms. The normalized spacial score (nSPS) is 21.3. The van der Waals surface area contributed by atoms with E-state index in [2.05, 4.69) is 51.4 Å². The van der Waals surface area contributed by atoms with E-state index in [-0.39, 0.29) is 58.5 Å². The van der Waals surface area contributed by atoms with E-state index in [1.807, 2.05) is 6.92 Å². The van der Waals surface area contributed by atoms with Gasteiger partial charge in [-0.2, -0.15) is 25.9 Å². The standard InChI is InChI=1S/C60H88N10O10S2/c1-5-9-23-41(7-3)39-61-79-80-81-51-37-43(63-65-53-55(71)67(45-25-15-11-16-26-45)59(75)68(56(53)72)46-27-17-12-18-28-46)33-35-49(51)50-36-34-44(38-52(50)82(77,78)62-40-42(8-4)24-10-6-2)64-66-54-57(73)69(47-29-19-13-20-30-47)60(76)70(58(54)74)48-31-21-14-22-32-48/h33-38,41-42,45-48,53-54,61-62H,5-32,39-40H2,1-4H3. The number of nitrogens with zero attached hydrogens (tertiary/aromatic N) is 8. The smallest absolute Gasteiger partial charge is 0.271 e. The lowest BCUT2D eigenvalue weighted by atomic mass is 9.91. The number of carbonyl (C=O) groups excluding carboxylic acids is 6. The van der Waals surface area contributed by atoms with Gasteiger partial charge >= 0.3 is 12.1 Å². The molecule has 2 N–H and O–H groups in total.